The molecular formula is C20H16F6N2O4S. The van der Waals surface area contributed by atoms with E-state index in [9.17, 15) is 44.3 Å². The van der Waals surface area contributed by atoms with Gasteiger partial charge in [-0.25, -0.2) is 12.7 Å². The predicted molar refractivity (Wildman–Crippen MR) is 106 cm³/mol. The van der Waals surface area contributed by atoms with Crippen LogP contribution in [0.2, 0.25) is 0 Å². The number of hydrogen-bond donors (Lipinski definition) is 1. The van der Waals surface area contributed by atoms with Crippen LogP contribution in [0, 0.1) is 5.41 Å². The first kappa shape index (κ1) is 24.6. The summed E-state index contributed by atoms with van der Waals surface area (Å²) in [5.41, 5.74) is -5.32. The molecule has 2 amide bonds. The zero-order valence-corrected chi connectivity index (χ0v) is 17.8. The number of nitrogens with zero attached hydrogens (tertiary/aromatic N) is 1. The Hall–Kier alpha value is -3.09. The number of anilines is 2. The number of benzene rings is 2. The van der Waals surface area contributed by atoms with Crippen LogP contribution in [-0.4, -0.2) is 26.0 Å². The minimum Gasteiger partial charge on any atom is -0.322 e. The highest BCUT2D eigenvalue weighted by molar-refractivity contribution is 7.94. The molecule has 178 valence electrons. The van der Waals surface area contributed by atoms with E-state index in [1.54, 1.807) is 0 Å². The lowest BCUT2D eigenvalue weighted by Gasteiger charge is -2.18. The highest BCUT2D eigenvalue weighted by atomic mass is 32.2. The molecule has 3 rings (SSSR count). The van der Waals surface area contributed by atoms with Gasteiger partial charge in [-0.05, 0) is 56.3 Å². The molecular weight excluding hydrogens is 478 g/mol. The van der Waals surface area contributed by atoms with Gasteiger partial charge in [-0.3, -0.25) is 9.59 Å². The number of sulfonamides is 1. The van der Waals surface area contributed by atoms with E-state index < -0.39 is 62.2 Å². The molecule has 13 heteroatoms. The third-order valence-corrected chi connectivity index (χ3v) is 6.81. The molecule has 0 aromatic heterocycles. The molecule has 2 aromatic rings. The van der Waals surface area contributed by atoms with E-state index in [0.29, 0.717) is 16.4 Å². The first-order valence-electron chi connectivity index (χ1n) is 9.20. The summed E-state index contributed by atoms with van der Waals surface area (Å²) in [6, 6.07) is 5.11. The van der Waals surface area contributed by atoms with E-state index in [1.165, 1.54) is 13.8 Å². The molecule has 1 aliphatic heterocycles. The molecule has 1 saturated heterocycles. The van der Waals surface area contributed by atoms with Gasteiger partial charge in [-0.1, -0.05) is 0 Å². The summed E-state index contributed by atoms with van der Waals surface area (Å²) >= 11 is 0. The summed E-state index contributed by atoms with van der Waals surface area (Å²) in [7, 11) is -3.95. The van der Waals surface area contributed by atoms with Crippen molar-refractivity contribution in [3.05, 3.63) is 59.2 Å². The van der Waals surface area contributed by atoms with Crippen LogP contribution >= 0.6 is 0 Å². The topological polar surface area (TPSA) is 83.6 Å². The number of alkyl halides is 6. The molecule has 0 unspecified atom stereocenters. The zero-order valence-electron chi connectivity index (χ0n) is 17.0. The number of rotatable bonds is 3. The number of carbonyl (C=O) groups is 2. The molecule has 0 aliphatic carbocycles. The van der Waals surface area contributed by atoms with Crippen molar-refractivity contribution in [1.82, 2.24) is 0 Å². The molecule has 33 heavy (non-hydrogen) atoms. The molecule has 0 spiro atoms. The first-order valence-corrected chi connectivity index (χ1v) is 10.8. The number of hydrogen-bond acceptors (Lipinski definition) is 4. The van der Waals surface area contributed by atoms with E-state index in [0.717, 1.165) is 24.3 Å². The SMILES string of the molecule is CC1(C)CS(=O)(=O)N(c2ccc(C(=O)Nc3cc(C(F)(F)F)cc(C(F)(F)F)c3)cc2)C1=O. The minimum absolute atomic E-state index is 0.0550. The fraction of sp³-hybridized carbons (Fsp3) is 0.300. The molecule has 1 fully saturated rings. The third-order valence-electron chi connectivity index (χ3n) is 4.79. The highest BCUT2D eigenvalue weighted by Crippen LogP contribution is 2.38. The van der Waals surface area contributed by atoms with Crippen LogP contribution < -0.4 is 9.62 Å². The fourth-order valence-electron chi connectivity index (χ4n) is 3.24. The van der Waals surface area contributed by atoms with E-state index in [1.807, 2.05) is 5.32 Å². The Bertz CT molecular complexity index is 1190. The molecule has 1 aliphatic rings. The largest absolute Gasteiger partial charge is 0.416 e. The maximum absolute atomic E-state index is 13.0. The van der Waals surface area contributed by atoms with Crippen molar-refractivity contribution >= 4 is 33.2 Å². The normalized spacial score (nSPS) is 17.8. The van der Waals surface area contributed by atoms with E-state index in [2.05, 4.69) is 0 Å². The van der Waals surface area contributed by atoms with Crippen molar-refractivity contribution in [3.8, 4) is 0 Å². The van der Waals surface area contributed by atoms with Crippen LogP contribution in [0.15, 0.2) is 42.5 Å². The maximum Gasteiger partial charge on any atom is 0.416 e. The molecule has 0 bridgehead atoms. The van der Waals surface area contributed by atoms with Crippen molar-refractivity contribution in [3.63, 3.8) is 0 Å². The van der Waals surface area contributed by atoms with Gasteiger partial charge in [0, 0.05) is 11.3 Å². The number of amides is 2. The highest BCUT2D eigenvalue weighted by Gasteiger charge is 2.49. The second-order valence-corrected chi connectivity index (χ2v) is 9.82. The van der Waals surface area contributed by atoms with Gasteiger partial charge < -0.3 is 5.32 Å². The summed E-state index contributed by atoms with van der Waals surface area (Å²) < 4.78 is 103. The fourth-order valence-corrected chi connectivity index (χ4v) is 5.35. The predicted octanol–water partition coefficient (Wildman–Crippen LogP) is 4.68. The lowest BCUT2D eigenvalue weighted by Crippen LogP contribution is -2.32. The van der Waals surface area contributed by atoms with E-state index in [4.69, 9.17) is 0 Å². The Morgan fingerprint density at radius 2 is 1.42 bits per heavy atom. The van der Waals surface area contributed by atoms with Crippen LogP contribution in [0.5, 0.6) is 0 Å². The van der Waals surface area contributed by atoms with Crippen LogP contribution in [0.4, 0.5) is 37.7 Å². The van der Waals surface area contributed by atoms with Gasteiger partial charge >= 0.3 is 12.4 Å². The molecule has 1 N–H and O–H groups in total. The maximum atomic E-state index is 13.0. The Labute approximate surface area is 184 Å². The summed E-state index contributed by atoms with van der Waals surface area (Å²) in [4.78, 5) is 24.8. The van der Waals surface area contributed by atoms with Crippen molar-refractivity contribution in [2.45, 2.75) is 26.2 Å². The minimum atomic E-state index is -5.08. The first-order chi connectivity index (χ1) is 14.9. The Balaban J connectivity index is 1.88. The van der Waals surface area contributed by atoms with Crippen LogP contribution in [0.1, 0.15) is 35.3 Å². The number of halogens is 6. The van der Waals surface area contributed by atoms with Gasteiger partial charge in [-0.15, -0.1) is 0 Å². The average Bonchev–Trinajstić information content (AvgIpc) is 2.82. The van der Waals surface area contributed by atoms with Crippen LogP contribution in [0.3, 0.4) is 0 Å². The van der Waals surface area contributed by atoms with Gasteiger partial charge in [0.05, 0.1) is 28.0 Å². The molecule has 0 atom stereocenters. The smallest absolute Gasteiger partial charge is 0.322 e. The molecule has 0 saturated carbocycles. The van der Waals surface area contributed by atoms with Crippen molar-refractivity contribution in [2.75, 3.05) is 15.4 Å². The van der Waals surface area contributed by atoms with Gasteiger partial charge in [0.2, 0.25) is 15.9 Å². The summed E-state index contributed by atoms with van der Waals surface area (Å²) in [6.07, 6.45) is -10.2. The number of nitrogens with one attached hydrogen (secondary N) is 1. The average molecular weight is 494 g/mol. The summed E-state index contributed by atoms with van der Waals surface area (Å²) in [5, 5.41) is 1.97. The quantitative estimate of drug-likeness (QED) is 0.629. The van der Waals surface area contributed by atoms with Gasteiger partial charge in [-0.2, -0.15) is 26.3 Å². The zero-order chi connectivity index (χ0) is 25.0. The Morgan fingerprint density at radius 3 is 1.82 bits per heavy atom. The van der Waals surface area contributed by atoms with Crippen molar-refractivity contribution in [1.29, 1.82) is 0 Å². The lowest BCUT2D eigenvalue weighted by molar-refractivity contribution is -0.143. The monoisotopic (exact) mass is 494 g/mol. The van der Waals surface area contributed by atoms with Crippen LogP contribution in [0.25, 0.3) is 0 Å². The van der Waals surface area contributed by atoms with Gasteiger partial charge in [0.1, 0.15) is 0 Å². The standard InChI is InChI=1S/C20H16F6N2O4S/c1-18(2)10-33(31,32)28(17(18)30)15-5-3-11(4-6-15)16(29)27-14-8-12(19(21,22)23)7-13(9-14)20(24,25)26/h3-9H,10H2,1-2H3,(H,27,29). The number of carbonyl (C=O) groups excluding carboxylic acids is 2. The van der Waals surface area contributed by atoms with Gasteiger partial charge in [0.25, 0.3) is 5.91 Å². The van der Waals surface area contributed by atoms with Crippen LogP contribution in [-0.2, 0) is 27.2 Å². The van der Waals surface area contributed by atoms with Crippen molar-refractivity contribution < 1.29 is 44.3 Å². The van der Waals surface area contributed by atoms with Gasteiger partial charge in [0.15, 0.2) is 0 Å². The Morgan fingerprint density at radius 1 is 0.939 bits per heavy atom. The molecule has 2 aromatic carbocycles. The molecule has 6 nitrogen and oxygen atoms in total. The third kappa shape index (κ3) is 4.97. The summed E-state index contributed by atoms with van der Waals surface area (Å²) in [6.45, 7) is 2.91. The van der Waals surface area contributed by atoms with E-state index >= 15 is 0 Å². The second-order valence-electron chi connectivity index (χ2n) is 8.01. The molecule has 1 heterocycles. The lowest BCUT2D eigenvalue weighted by atomic mass is 9.95. The molecule has 0 radical (unpaired) electrons. The Kier molecular flexibility index (Phi) is 5.76. The second kappa shape index (κ2) is 7.75. The van der Waals surface area contributed by atoms with E-state index in [-0.39, 0.29) is 17.3 Å². The van der Waals surface area contributed by atoms with Crippen molar-refractivity contribution in [2.24, 2.45) is 5.41 Å². The summed E-state index contributed by atoms with van der Waals surface area (Å²) in [5.74, 6) is -2.13.